The van der Waals surface area contributed by atoms with E-state index in [4.69, 9.17) is 5.11 Å². The van der Waals surface area contributed by atoms with Crippen LogP contribution in [0.1, 0.15) is 16.7 Å². The van der Waals surface area contributed by atoms with E-state index in [-0.39, 0.29) is 5.82 Å². The number of halogens is 1. The Hall–Kier alpha value is -2.95. The minimum Gasteiger partial charge on any atom is -0.507 e. The van der Waals surface area contributed by atoms with Gasteiger partial charge in [0, 0.05) is 18.1 Å². The van der Waals surface area contributed by atoms with Crippen molar-refractivity contribution in [3.05, 3.63) is 77.1 Å². The molecule has 0 fully saturated rings. The smallest absolute Gasteiger partial charge is 0.376 e. The summed E-state index contributed by atoms with van der Waals surface area (Å²) >= 11 is 0. The summed E-state index contributed by atoms with van der Waals surface area (Å²) in [5, 5.41) is 18.3. The van der Waals surface area contributed by atoms with Crippen molar-refractivity contribution in [1.29, 1.82) is 0 Å². The number of carbonyl (C=O) groups is 2. The molecule has 22 heavy (non-hydrogen) atoms. The van der Waals surface area contributed by atoms with E-state index in [1.807, 2.05) is 0 Å². The van der Waals surface area contributed by atoms with Gasteiger partial charge in [-0.3, -0.25) is 4.79 Å². The molecule has 0 aliphatic heterocycles. The highest BCUT2D eigenvalue weighted by atomic mass is 19.1. The van der Waals surface area contributed by atoms with Crippen LogP contribution in [0.4, 0.5) is 4.39 Å². The largest absolute Gasteiger partial charge is 0.507 e. The standard InChI is InChI=1S/C17H13FO4/c18-14-7-2-1-5-12(14)8-11-4-3-6-13(9-11)15(19)10-16(20)17(21)22/h1-7,9-10,19H,8H2,(H,21,22). The Bertz CT molecular complexity index is 750. The van der Waals surface area contributed by atoms with Crippen LogP contribution < -0.4 is 0 Å². The molecule has 0 saturated carbocycles. The number of carboxylic acids is 1. The van der Waals surface area contributed by atoms with Gasteiger partial charge in [-0.2, -0.15) is 0 Å². The molecule has 0 atom stereocenters. The lowest BCUT2D eigenvalue weighted by Gasteiger charge is -2.06. The first-order valence-electron chi connectivity index (χ1n) is 6.48. The summed E-state index contributed by atoms with van der Waals surface area (Å²) < 4.78 is 13.6. The second kappa shape index (κ2) is 6.67. The van der Waals surface area contributed by atoms with E-state index < -0.39 is 17.5 Å². The molecule has 0 aliphatic rings. The zero-order valence-electron chi connectivity index (χ0n) is 11.5. The summed E-state index contributed by atoms with van der Waals surface area (Å²) in [5.41, 5.74) is 1.53. The maximum absolute atomic E-state index is 13.6. The Kier molecular flexibility index (Phi) is 4.68. The number of benzene rings is 2. The van der Waals surface area contributed by atoms with Crippen molar-refractivity contribution in [2.24, 2.45) is 0 Å². The van der Waals surface area contributed by atoms with Crippen LogP contribution >= 0.6 is 0 Å². The van der Waals surface area contributed by atoms with E-state index in [1.165, 1.54) is 12.1 Å². The summed E-state index contributed by atoms with van der Waals surface area (Å²) in [4.78, 5) is 21.5. The van der Waals surface area contributed by atoms with Crippen LogP contribution in [-0.2, 0) is 16.0 Å². The normalized spacial score (nSPS) is 11.2. The Morgan fingerprint density at radius 1 is 1.05 bits per heavy atom. The fourth-order valence-electron chi connectivity index (χ4n) is 1.97. The van der Waals surface area contributed by atoms with Crippen molar-refractivity contribution in [1.82, 2.24) is 0 Å². The average Bonchev–Trinajstić information content (AvgIpc) is 2.49. The molecule has 0 saturated heterocycles. The van der Waals surface area contributed by atoms with Crippen LogP contribution in [0.2, 0.25) is 0 Å². The zero-order valence-corrected chi connectivity index (χ0v) is 11.5. The van der Waals surface area contributed by atoms with Crippen molar-refractivity contribution in [2.75, 3.05) is 0 Å². The first-order chi connectivity index (χ1) is 10.5. The average molecular weight is 300 g/mol. The molecule has 2 N–H and O–H groups in total. The molecule has 0 radical (unpaired) electrons. The SMILES string of the molecule is O=C(O)C(=O)C=C(O)c1cccc(Cc2ccccc2F)c1. The molecule has 0 spiro atoms. The second-order valence-corrected chi connectivity index (χ2v) is 4.67. The fourth-order valence-corrected chi connectivity index (χ4v) is 1.97. The molecule has 0 amide bonds. The van der Waals surface area contributed by atoms with Crippen molar-refractivity contribution in [3.8, 4) is 0 Å². The van der Waals surface area contributed by atoms with Gasteiger partial charge in [-0.1, -0.05) is 36.4 Å². The van der Waals surface area contributed by atoms with E-state index in [9.17, 15) is 19.1 Å². The number of carbonyl (C=O) groups excluding carboxylic acids is 1. The van der Waals surface area contributed by atoms with Gasteiger partial charge in [-0.05, 0) is 23.3 Å². The quantitative estimate of drug-likeness (QED) is 0.506. The number of aliphatic hydroxyl groups excluding tert-OH is 1. The van der Waals surface area contributed by atoms with Crippen LogP contribution in [0, 0.1) is 5.82 Å². The monoisotopic (exact) mass is 300 g/mol. The predicted octanol–water partition coefficient (Wildman–Crippen LogP) is 2.97. The molecule has 0 heterocycles. The van der Waals surface area contributed by atoms with E-state index in [2.05, 4.69) is 0 Å². The Balaban J connectivity index is 2.25. The van der Waals surface area contributed by atoms with Gasteiger partial charge in [0.1, 0.15) is 11.6 Å². The van der Waals surface area contributed by atoms with Crippen LogP contribution in [0.15, 0.2) is 54.6 Å². The number of rotatable bonds is 5. The summed E-state index contributed by atoms with van der Waals surface area (Å²) in [6.07, 6.45) is 0.964. The number of ketones is 1. The van der Waals surface area contributed by atoms with Gasteiger partial charge in [0.05, 0.1) is 0 Å². The van der Waals surface area contributed by atoms with E-state index in [0.29, 0.717) is 23.6 Å². The molecule has 2 aromatic carbocycles. The second-order valence-electron chi connectivity index (χ2n) is 4.67. The van der Waals surface area contributed by atoms with Crippen molar-refractivity contribution >= 4 is 17.5 Å². The Morgan fingerprint density at radius 2 is 1.77 bits per heavy atom. The number of aliphatic carboxylic acids is 1. The lowest BCUT2D eigenvalue weighted by atomic mass is 10.0. The molecular formula is C17H13FO4. The molecule has 0 unspecified atom stereocenters. The molecule has 0 bridgehead atoms. The molecular weight excluding hydrogens is 287 g/mol. The predicted molar refractivity (Wildman–Crippen MR) is 78.9 cm³/mol. The summed E-state index contributed by atoms with van der Waals surface area (Å²) in [6.45, 7) is 0. The fraction of sp³-hybridized carbons (Fsp3) is 0.0588. The third-order valence-electron chi connectivity index (χ3n) is 3.05. The molecule has 4 nitrogen and oxygen atoms in total. The van der Waals surface area contributed by atoms with Gasteiger partial charge >= 0.3 is 5.97 Å². The lowest BCUT2D eigenvalue weighted by molar-refractivity contribution is -0.146. The first kappa shape index (κ1) is 15.4. The highest BCUT2D eigenvalue weighted by molar-refractivity contribution is 6.38. The number of hydrogen-bond donors (Lipinski definition) is 2. The first-order valence-corrected chi connectivity index (χ1v) is 6.48. The maximum atomic E-state index is 13.6. The summed E-state index contributed by atoms with van der Waals surface area (Å²) in [6, 6.07) is 12.8. The van der Waals surface area contributed by atoms with Gasteiger partial charge in [0.15, 0.2) is 0 Å². The van der Waals surface area contributed by atoms with Gasteiger partial charge in [0.2, 0.25) is 0 Å². The minimum atomic E-state index is -1.64. The number of hydrogen-bond acceptors (Lipinski definition) is 3. The third-order valence-corrected chi connectivity index (χ3v) is 3.05. The highest BCUT2D eigenvalue weighted by Crippen LogP contribution is 2.17. The topological polar surface area (TPSA) is 74.6 Å². The van der Waals surface area contributed by atoms with E-state index in [0.717, 1.165) is 5.56 Å². The molecule has 112 valence electrons. The van der Waals surface area contributed by atoms with Crippen LogP contribution in [0.5, 0.6) is 0 Å². The van der Waals surface area contributed by atoms with Gasteiger partial charge in [-0.25, -0.2) is 9.18 Å². The third kappa shape index (κ3) is 3.79. The molecule has 2 aromatic rings. The zero-order chi connectivity index (χ0) is 16.1. The van der Waals surface area contributed by atoms with Crippen molar-refractivity contribution < 1.29 is 24.2 Å². The van der Waals surface area contributed by atoms with Crippen molar-refractivity contribution in [3.63, 3.8) is 0 Å². The minimum absolute atomic E-state index is 0.295. The van der Waals surface area contributed by atoms with Crippen LogP contribution in [-0.4, -0.2) is 22.0 Å². The van der Waals surface area contributed by atoms with Gasteiger partial charge in [-0.15, -0.1) is 0 Å². The highest BCUT2D eigenvalue weighted by Gasteiger charge is 2.11. The summed E-state index contributed by atoms with van der Waals surface area (Å²) in [5.74, 6) is -3.62. The van der Waals surface area contributed by atoms with Gasteiger partial charge in [0.25, 0.3) is 5.78 Å². The Labute approximate surface area is 126 Å². The van der Waals surface area contributed by atoms with E-state index >= 15 is 0 Å². The van der Waals surface area contributed by atoms with Gasteiger partial charge < -0.3 is 10.2 Å². The molecule has 0 aliphatic carbocycles. The van der Waals surface area contributed by atoms with E-state index in [1.54, 1.807) is 36.4 Å². The maximum Gasteiger partial charge on any atom is 0.376 e. The van der Waals surface area contributed by atoms with Crippen LogP contribution in [0.25, 0.3) is 5.76 Å². The molecule has 2 rings (SSSR count). The van der Waals surface area contributed by atoms with Crippen LogP contribution in [0.3, 0.4) is 0 Å². The molecule has 0 aromatic heterocycles. The van der Waals surface area contributed by atoms with Crippen molar-refractivity contribution in [2.45, 2.75) is 6.42 Å². The molecule has 5 heteroatoms. The number of carboxylic acid groups (broad SMARTS) is 1. The number of aliphatic hydroxyl groups is 1. The lowest BCUT2D eigenvalue weighted by Crippen LogP contribution is -2.09. The Morgan fingerprint density at radius 3 is 2.45 bits per heavy atom. The summed E-state index contributed by atoms with van der Waals surface area (Å²) in [7, 11) is 0.